The average molecular weight is 352 g/mol. The molecule has 5 saturated carbocycles. The number of hydrogen-bond acceptors (Lipinski definition) is 4. The lowest BCUT2D eigenvalue weighted by Crippen LogP contribution is -2.64. The number of carbonyl (C=O) groups is 1. The first-order chi connectivity index (χ1) is 10.9. The summed E-state index contributed by atoms with van der Waals surface area (Å²) in [5.74, 6) is 1.56. The number of nitriles is 1. The quantitative estimate of drug-likeness (QED) is 0.790. The molecule has 1 amide bonds. The van der Waals surface area contributed by atoms with E-state index in [1.165, 1.54) is 6.42 Å². The SMILES string of the molecule is Cl.N#C[C@@H]1C[C@@H]2C[C@@H]2N1C(=O)[C@@H](N)C12C[C@@H]3C[C@@H](CC(O)(C3)C1)C2. The van der Waals surface area contributed by atoms with E-state index in [0.29, 0.717) is 24.2 Å². The van der Waals surface area contributed by atoms with E-state index in [2.05, 4.69) is 6.07 Å². The minimum atomic E-state index is -0.594. The molecule has 6 aliphatic rings. The number of fused-ring (bicyclic) bond motifs is 1. The Morgan fingerprint density at radius 2 is 1.88 bits per heavy atom. The van der Waals surface area contributed by atoms with Crippen molar-refractivity contribution in [3.05, 3.63) is 0 Å². The van der Waals surface area contributed by atoms with Crippen molar-refractivity contribution in [1.29, 1.82) is 5.26 Å². The molecule has 5 nitrogen and oxygen atoms in total. The van der Waals surface area contributed by atoms with Gasteiger partial charge in [0.05, 0.1) is 17.7 Å². The smallest absolute Gasteiger partial charge is 0.241 e. The molecule has 0 aromatic rings. The Hall–Kier alpha value is -0.830. The van der Waals surface area contributed by atoms with Crippen LogP contribution in [0.15, 0.2) is 0 Å². The highest BCUT2D eigenvalue weighted by molar-refractivity contribution is 5.85. The highest BCUT2D eigenvalue weighted by Gasteiger charge is 2.62. The van der Waals surface area contributed by atoms with Crippen LogP contribution in [0.25, 0.3) is 0 Å². The molecule has 2 unspecified atom stereocenters. The summed E-state index contributed by atoms with van der Waals surface area (Å²) in [7, 11) is 0. The van der Waals surface area contributed by atoms with Gasteiger partial charge in [0.15, 0.2) is 0 Å². The van der Waals surface area contributed by atoms with Crippen molar-refractivity contribution in [2.75, 3.05) is 0 Å². The number of amides is 1. The lowest BCUT2D eigenvalue weighted by atomic mass is 9.46. The number of halogens is 1. The average Bonchev–Trinajstić information content (AvgIpc) is 3.14. The molecule has 0 radical (unpaired) electrons. The fraction of sp³-hybridized carbons (Fsp3) is 0.889. The molecule has 132 valence electrons. The molecular formula is C18H26ClN3O2. The summed E-state index contributed by atoms with van der Waals surface area (Å²) >= 11 is 0. The summed E-state index contributed by atoms with van der Waals surface area (Å²) in [6.45, 7) is 0. The van der Waals surface area contributed by atoms with Crippen molar-refractivity contribution >= 4 is 18.3 Å². The standard InChI is InChI=1S/C18H25N3O2.ClH/c19-8-13-2-12-3-14(12)21(13)16(22)15(20)17-4-10-1-11(5-17)7-18(23,6-10)9-17;/h10-15,23H,1-7,9,20H2;1H/t10-,11+,12-,13+,14+,15-,17?,18?;/m1./s1. The molecule has 24 heavy (non-hydrogen) atoms. The van der Waals surface area contributed by atoms with Crippen LogP contribution in [0.3, 0.4) is 0 Å². The van der Waals surface area contributed by atoms with Crippen LogP contribution in [0.4, 0.5) is 0 Å². The van der Waals surface area contributed by atoms with Gasteiger partial charge in [0.1, 0.15) is 6.04 Å². The second-order valence-electron chi connectivity index (χ2n) is 9.21. The van der Waals surface area contributed by atoms with Gasteiger partial charge in [-0.3, -0.25) is 4.79 Å². The third-order valence-electron chi connectivity index (χ3n) is 7.51. The third kappa shape index (κ3) is 2.16. The predicted octanol–water partition coefficient (Wildman–Crippen LogP) is 1.58. The summed E-state index contributed by atoms with van der Waals surface area (Å²) in [6, 6.07) is 1.72. The van der Waals surface area contributed by atoms with Gasteiger partial charge in [-0.25, -0.2) is 0 Å². The normalized spacial score (nSPS) is 51.5. The van der Waals surface area contributed by atoms with Crippen LogP contribution in [-0.4, -0.2) is 39.6 Å². The van der Waals surface area contributed by atoms with Crippen LogP contribution < -0.4 is 5.73 Å². The van der Waals surface area contributed by atoms with E-state index >= 15 is 0 Å². The van der Waals surface area contributed by atoms with E-state index in [4.69, 9.17) is 5.73 Å². The topological polar surface area (TPSA) is 90.4 Å². The van der Waals surface area contributed by atoms with E-state index in [-0.39, 0.29) is 35.8 Å². The van der Waals surface area contributed by atoms with Gasteiger partial charge in [-0.05, 0) is 74.5 Å². The van der Waals surface area contributed by atoms with Gasteiger partial charge < -0.3 is 15.7 Å². The van der Waals surface area contributed by atoms with Gasteiger partial charge in [-0.1, -0.05) is 0 Å². The number of piperidine rings is 1. The van der Waals surface area contributed by atoms with E-state index in [0.717, 1.165) is 38.5 Å². The molecule has 5 aliphatic carbocycles. The second-order valence-corrected chi connectivity index (χ2v) is 9.21. The van der Waals surface area contributed by atoms with E-state index in [1.54, 1.807) is 4.90 Å². The number of rotatable bonds is 2. The summed E-state index contributed by atoms with van der Waals surface area (Å²) in [5, 5.41) is 20.2. The Bertz CT molecular complexity index is 604. The Kier molecular flexibility index (Phi) is 3.53. The van der Waals surface area contributed by atoms with Gasteiger partial charge >= 0.3 is 0 Å². The molecule has 6 rings (SSSR count). The van der Waals surface area contributed by atoms with Crippen molar-refractivity contribution in [3.63, 3.8) is 0 Å². The van der Waals surface area contributed by atoms with Gasteiger partial charge in [0.2, 0.25) is 5.91 Å². The number of likely N-dealkylation sites (tertiary alicyclic amines) is 1. The van der Waals surface area contributed by atoms with Crippen LogP contribution in [0.1, 0.15) is 51.4 Å². The molecule has 6 fully saturated rings. The van der Waals surface area contributed by atoms with Crippen molar-refractivity contribution in [3.8, 4) is 6.07 Å². The maximum atomic E-state index is 13.1. The van der Waals surface area contributed by atoms with Crippen LogP contribution in [0.2, 0.25) is 0 Å². The maximum absolute atomic E-state index is 13.1. The Labute approximate surface area is 149 Å². The highest BCUT2D eigenvalue weighted by atomic mass is 35.5. The fourth-order valence-corrected chi connectivity index (χ4v) is 6.96. The van der Waals surface area contributed by atoms with Crippen LogP contribution in [0, 0.1) is 34.5 Å². The zero-order valence-corrected chi connectivity index (χ0v) is 14.7. The first-order valence-electron chi connectivity index (χ1n) is 9.13. The van der Waals surface area contributed by atoms with E-state index < -0.39 is 11.6 Å². The lowest BCUT2D eigenvalue weighted by molar-refractivity contribution is -0.177. The Morgan fingerprint density at radius 1 is 1.21 bits per heavy atom. The molecule has 0 spiro atoms. The van der Waals surface area contributed by atoms with E-state index in [1.807, 2.05) is 0 Å². The number of carbonyl (C=O) groups excluding carboxylic acids is 1. The highest BCUT2D eigenvalue weighted by Crippen LogP contribution is 2.63. The number of aliphatic hydroxyl groups is 1. The van der Waals surface area contributed by atoms with Gasteiger partial charge in [-0.15, -0.1) is 12.4 Å². The first-order valence-corrected chi connectivity index (χ1v) is 9.13. The minimum absolute atomic E-state index is 0. The minimum Gasteiger partial charge on any atom is -0.390 e. The van der Waals surface area contributed by atoms with E-state index in [9.17, 15) is 15.2 Å². The van der Waals surface area contributed by atoms with Crippen molar-refractivity contribution in [1.82, 2.24) is 4.90 Å². The zero-order valence-electron chi connectivity index (χ0n) is 13.9. The molecule has 6 heteroatoms. The molecule has 3 N–H and O–H groups in total. The van der Waals surface area contributed by atoms with Crippen molar-refractivity contribution < 1.29 is 9.90 Å². The van der Waals surface area contributed by atoms with Crippen LogP contribution in [-0.2, 0) is 4.79 Å². The predicted molar refractivity (Wildman–Crippen MR) is 90.0 cm³/mol. The maximum Gasteiger partial charge on any atom is 0.241 e. The summed E-state index contributed by atoms with van der Waals surface area (Å²) in [6.07, 6.45) is 7.48. The summed E-state index contributed by atoms with van der Waals surface area (Å²) < 4.78 is 0. The van der Waals surface area contributed by atoms with Crippen LogP contribution >= 0.6 is 12.4 Å². The number of nitrogens with two attached hydrogens (primary N) is 1. The molecule has 0 aromatic heterocycles. The van der Waals surface area contributed by atoms with Gasteiger partial charge in [0.25, 0.3) is 0 Å². The molecule has 1 saturated heterocycles. The van der Waals surface area contributed by atoms with Gasteiger partial charge in [-0.2, -0.15) is 5.26 Å². The second kappa shape index (κ2) is 5.09. The molecule has 1 heterocycles. The zero-order chi connectivity index (χ0) is 16.0. The Morgan fingerprint density at radius 3 is 2.46 bits per heavy atom. The molecule has 0 aromatic carbocycles. The molecule has 8 atom stereocenters. The monoisotopic (exact) mass is 351 g/mol. The summed E-state index contributed by atoms with van der Waals surface area (Å²) in [5.41, 5.74) is 5.71. The third-order valence-corrected chi connectivity index (χ3v) is 7.51. The van der Waals surface area contributed by atoms with Crippen molar-refractivity contribution in [2.45, 2.75) is 75.1 Å². The number of nitrogens with zero attached hydrogens (tertiary/aromatic N) is 2. The van der Waals surface area contributed by atoms with Crippen LogP contribution in [0.5, 0.6) is 0 Å². The largest absolute Gasteiger partial charge is 0.390 e. The molecule has 1 aliphatic heterocycles. The Balaban J connectivity index is 0.00000146. The van der Waals surface area contributed by atoms with Crippen molar-refractivity contribution in [2.24, 2.45) is 28.9 Å². The first kappa shape index (κ1) is 16.6. The number of hydrogen-bond donors (Lipinski definition) is 2. The lowest BCUT2D eigenvalue weighted by Gasteiger charge is -2.61. The molecule has 4 bridgehead atoms. The fourth-order valence-electron chi connectivity index (χ4n) is 6.96. The van der Waals surface area contributed by atoms with Gasteiger partial charge in [0, 0.05) is 6.04 Å². The summed E-state index contributed by atoms with van der Waals surface area (Å²) in [4.78, 5) is 14.9. The molecular weight excluding hydrogens is 326 g/mol.